The predicted octanol–water partition coefficient (Wildman–Crippen LogP) is 3.42. The van der Waals surface area contributed by atoms with Gasteiger partial charge in [0.05, 0.1) is 6.10 Å². The summed E-state index contributed by atoms with van der Waals surface area (Å²) >= 11 is 0. The Bertz CT molecular complexity index is 343. The van der Waals surface area contributed by atoms with Crippen molar-refractivity contribution in [3.05, 3.63) is 35.6 Å². The van der Waals surface area contributed by atoms with Gasteiger partial charge in [-0.2, -0.15) is 0 Å². The molecule has 0 saturated carbocycles. The second kappa shape index (κ2) is 6.72. The van der Waals surface area contributed by atoms with Crippen LogP contribution in [0.3, 0.4) is 0 Å². The van der Waals surface area contributed by atoms with Crippen LogP contribution in [0.15, 0.2) is 24.3 Å². The Morgan fingerprint density at radius 1 is 1.24 bits per heavy atom. The van der Waals surface area contributed by atoms with Crippen molar-refractivity contribution in [3.8, 4) is 0 Å². The second-order valence-corrected chi connectivity index (χ2v) is 4.37. The number of nitrogens with two attached hydrogens (primary N) is 1. The maximum atomic E-state index is 13.8. The van der Waals surface area contributed by atoms with E-state index in [1.54, 1.807) is 12.1 Å². The maximum absolute atomic E-state index is 13.8. The molecule has 1 aromatic carbocycles. The number of ether oxygens (including phenoxy) is 1. The highest BCUT2D eigenvalue weighted by Crippen LogP contribution is 2.26. The van der Waals surface area contributed by atoms with Gasteiger partial charge in [0.25, 0.3) is 0 Å². The predicted molar refractivity (Wildman–Crippen MR) is 68.2 cm³/mol. The molecule has 0 aliphatic carbocycles. The van der Waals surface area contributed by atoms with Gasteiger partial charge in [0.2, 0.25) is 0 Å². The fraction of sp³-hybridized carbons (Fsp3) is 0.571. The lowest BCUT2D eigenvalue weighted by Crippen LogP contribution is -2.32. The van der Waals surface area contributed by atoms with E-state index in [0.29, 0.717) is 5.56 Å². The molecule has 0 aliphatic heterocycles. The van der Waals surface area contributed by atoms with Crippen LogP contribution in [0.2, 0.25) is 0 Å². The highest BCUT2D eigenvalue weighted by atomic mass is 19.1. The summed E-state index contributed by atoms with van der Waals surface area (Å²) < 4.78 is 19.6. The summed E-state index contributed by atoms with van der Waals surface area (Å²) in [5.41, 5.74) is 6.59. The van der Waals surface area contributed by atoms with Crippen LogP contribution in [0.1, 0.15) is 45.3 Å². The van der Waals surface area contributed by atoms with E-state index in [0.717, 1.165) is 12.8 Å². The molecule has 0 aliphatic rings. The molecule has 1 rings (SSSR count). The summed E-state index contributed by atoms with van der Waals surface area (Å²) in [7, 11) is 0. The Balaban J connectivity index is 2.94. The fourth-order valence-electron chi connectivity index (χ4n) is 1.67. The first-order valence-corrected chi connectivity index (χ1v) is 6.25. The number of hydrogen-bond donors (Lipinski definition) is 1. The van der Waals surface area contributed by atoms with E-state index in [9.17, 15) is 4.39 Å². The van der Waals surface area contributed by atoms with E-state index in [2.05, 4.69) is 0 Å². The molecular weight excluding hydrogens is 217 g/mol. The summed E-state index contributed by atoms with van der Waals surface area (Å²) in [5, 5.41) is 0. The van der Waals surface area contributed by atoms with Gasteiger partial charge >= 0.3 is 0 Å². The minimum absolute atomic E-state index is 0.0807. The molecule has 96 valence electrons. The molecule has 1 aromatic rings. The Hall–Kier alpha value is -0.930. The first-order chi connectivity index (χ1) is 8.10. The molecule has 3 atom stereocenters. The molecule has 0 fully saturated rings. The quantitative estimate of drug-likeness (QED) is 0.825. The van der Waals surface area contributed by atoms with Crippen molar-refractivity contribution >= 4 is 0 Å². The van der Waals surface area contributed by atoms with Crippen molar-refractivity contribution in [1.29, 1.82) is 0 Å². The molecule has 2 nitrogen and oxygen atoms in total. The highest BCUT2D eigenvalue weighted by Gasteiger charge is 2.23. The molecule has 3 unspecified atom stereocenters. The van der Waals surface area contributed by atoms with Gasteiger partial charge in [-0.3, -0.25) is 0 Å². The van der Waals surface area contributed by atoms with Gasteiger partial charge in [-0.05, 0) is 25.8 Å². The lowest BCUT2D eigenvalue weighted by Gasteiger charge is -2.27. The molecule has 0 heterocycles. The number of halogens is 1. The van der Waals surface area contributed by atoms with Gasteiger partial charge < -0.3 is 10.5 Å². The SMILES string of the molecule is CCC(C)OC(c1ccccc1F)C(N)CC. The summed E-state index contributed by atoms with van der Waals surface area (Å²) in [4.78, 5) is 0. The average Bonchev–Trinajstić information content (AvgIpc) is 2.35. The highest BCUT2D eigenvalue weighted by molar-refractivity contribution is 5.21. The monoisotopic (exact) mass is 239 g/mol. The van der Waals surface area contributed by atoms with Crippen LogP contribution in [0, 0.1) is 5.82 Å². The van der Waals surface area contributed by atoms with E-state index in [1.165, 1.54) is 6.07 Å². The molecule has 0 spiro atoms. The van der Waals surface area contributed by atoms with Crippen molar-refractivity contribution in [2.45, 2.75) is 51.9 Å². The molecule has 0 bridgehead atoms. The molecule has 0 aromatic heterocycles. The van der Waals surface area contributed by atoms with Gasteiger partial charge in [-0.15, -0.1) is 0 Å². The van der Waals surface area contributed by atoms with E-state index in [4.69, 9.17) is 10.5 Å². The van der Waals surface area contributed by atoms with Crippen LogP contribution in [0.4, 0.5) is 4.39 Å². The molecule has 0 amide bonds. The van der Waals surface area contributed by atoms with Gasteiger partial charge in [0, 0.05) is 11.6 Å². The molecule has 17 heavy (non-hydrogen) atoms. The van der Waals surface area contributed by atoms with Crippen LogP contribution < -0.4 is 5.73 Å². The van der Waals surface area contributed by atoms with Crippen molar-refractivity contribution in [1.82, 2.24) is 0 Å². The fourth-order valence-corrected chi connectivity index (χ4v) is 1.67. The lowest BCUT2D eigenvalue weighted by atomic mass is 10.00. The van der Waals surface area contributed by atoms with Crippen LogP contribution in [0.25, 0.3) is 0 Å². The summed E-state index contributed by atoms with van der Waals surface area (Å²) in [5.74, 6) is -0.246. The third kappa shape index (κ3) is 3.79. The zero-order valence-electron chi connectivity index (χ0n) is 10.8. The maximum Gasteiger partial charge on any atom is 0.129 e. The first kappa shape index (κ1) is 14.1. The van der Waals surface area contributed by atoms with Crippen molar-refractivity contribution in [3.63, 3.8) is 0 Å². The van der Waals surface area contributed by atoms with Crippen LogP contribution in [-0.2, 0) is 4.74 Å². The Morgan fingerprint density at radius 2 is 1.88 bits per heavy atom. The van der Waals surface area contributed by atoms with Crippen LogP contribution >= 0.6 is 0 Å². The van der Waals surface area contributed by atoms with Gasteiger partial charge in [0.1, 0.15) is 11.9 Å². The van der Waals surface area contributed by atoms with E-state index < -0.39 is 0 Å². The number of hydrogen-bond acceptors (Lipinski definition) is 2. The zero-order valence-corrected chi connectivity index (χ0v) is 10.8. The summed E-state index contributed by atoms with van der Waals surface area (Å²) in [6.45, 7) is 6.01. The summed E-state index contributed by atoms with van der Waals surface area (Å²) in [6, 6.07) is 6.51. The average molecular weight is 239 g/mol. The van der Waals surface area contributed by atoms with Crippen molar-refractivity contribution < 1.29 is 9.13 Å². The normalized spacial score (nSPS) is 16.5. The zero-order chi connectivity index (χ0) is 12.8. The Labute approximate surface area is 103 Å². The standard InChI is InChI=1S/C14H22FNO/c1-4-10(3)17-14(13(16)5-2)11-8-6-7-9-12(11)15/h6-10,13-14H,4-5,16H2,1-3H3. The van der Waals surface area contributed by atoms with E-state index in [-0.39, 0.29) is 24.1 Å². The van der Waals surface area contributed by atoms with Crippen molar-refractivity contribution in [2.24, 2.45) is 5.73 Å². The minimum atomic E-state index is -0.365. The van der Waals surface area contributed by atoms with E-state index in [1.807, 2.05) is 26.8 Å². The molecule has 3 heteroatoms. The lowest BCUT2D eigenvalue weighted by molar-refractivity contribution is -0.0214. The first-order valence-electron chi connectivity index (χ1n) is 6.25. The van der Waals surface area contributed by atoms with Crippen molar-refractivity contribution in [2.75, 3.05) is 0 Å². The summed E-state index contributed by atoms with van der Waals surface area (Å²) in [6.07, 6.45) is 1.37. The third-order valence-corrected chi connectivity index (χ3v) is 3.03. The third-order valence-electron chi connectivity index (χ3n) is 3.03. The van der Waals surface area contributed by atoms with Crippen LogP contribution in [-0.4, -0.2) is 12.1 Å². The second-order valence-electron chi connectivity index (χ2n) is 4.37. The molecule has 0 radical (unpaired) electrons. The molecule has 0 saturated heterocycles. The van der Waals surface area contributed by atoms with Gasteiger partial charge in [-0.25, -0.2) is 4.39 Å². The van der Waals surface area contributed by atoms with Gasteiger partial charge in [-0.1, -0.05) is 32.0 Å². The minimum Gasteiger partial charge on any atom is -0.369 e. The number of benzene rings is 1. The van der Waals surface area contributed by atoms with Gasteiger partial charge in [0.15, 0.2) is 0 Å². The molecule has 2 N–H and O–H groups in total. The largest absolute Gasteiger partial charge is 0.369 e. The Morgan fingerprint density at radius 3 is 2.41 bits per heavy atom. The molecular formula is C14H22FNO. The number of rotatable bonds is 6. The van der Waals surface area contributed by atoms with Crippen LogP contribution in [0.5, 0.6) is 0 Å². The smallest absolute Gasteiger partial charge is 0.129 e. The topological polar surface area (TPSA) is 35.2 Å². The Kier molecular flexibility index (Phi) is 5.59. The van der Waals surface area contributed by atoms with E-state index >= 15 is 0 Å².